The zero-order valence-corrected chi connectivity index (χ0v) is 17.0. The van der Waals surface area contributed by atoms with Crippen LogP contribution in [-0.2, 0) is 5.60 Å². The smallest absolute Gasteiger partial charge is 0.140 e. The summed E-state index contributed by atoms with van der Waals surface area (Å²) in [6, 6.07) is 16.7. The summed E-state index contributed by atoms with van der Waals surface area (Å²) in [5.74, 6) is 0. The SMILES string of the molecule is Cc1cc(C(O)(c2ccc(C)c(Cl)c2)c2ccc(C)c(Cl)c2)ccc1Cl. The van der Waals surface area contributed by atoms with Gasteiger partial charge in [-0.1, -0.05) is 71.2 Å². The third-order valence-corrected chi connectivity index (χ3v) is 5.99. The Labute approximate surface area is 169 Å². The lowest BCUT2D eigenvalue weighted by Crippen LogP contribution is -2.29. The number of hydrogen-bond donors (Lipinski definition) is 1. The Balaban J connectivity index is 2.31. The predicted octanol–water partition coefficient (Wildman–Crippen LogP) is 6.86. The molecule has 3 rings (SSSR count). The van der Waals surface area contributed by atoms with Crippen molar-refractivity contribution < 1.29 is 5.11 Å². The zero-order chi connectivity index (χ0) is 19.1. The van der Waals surface area contributed by atoms with E-state index in [-0.39, 0.29) is 0 Å². The van der Waals surface area contributed by atoms with Gasteiger partial charge in [-0.05, 0) is 72.4 Å². The first kappa shape index (κ1) is 19.3. The third-order valence-electron chi connectivity index (χ3n) is 4.75. The molecule has 0 unspecified atom stereocenters. The number of aryl methyl sites for hydroxylation is 3. The molecule has 1 N–H and O–H groups in total. The largest absolute Gasteiger partial charge is 0.376 e. The summed E-state index contributed by atoms with van der Waals surface area (Å²) in [6.45, 7) is 5.77. The second-order valence-corrected chi connectivity index (χ2v) is 7.82. The average Bonchev–Trinajstić information content (AvgIpc) is 2.61. The molecule has 3 aromatic rings. The normalized spacial score (nSPS) is 11.7. The van der Waals surface area contributed by atoms with Crippen molar-refractivity contribution in [2.75, 3.05) is 0 Å². The van der Waals surface area contributed by atoms with Crippen LogP contribution in [0.25, 0.3) is 0 Å². The van der Waals surface area contributed by atoms with Crippen molar-refractivity contribution in [3.05, 3.63) is 103 Å². The molecule has 4 heteroatoms. The molecule has 134 valence electrons. The minimum atomic E-state index is -1.40. The molecule has 0 heterocycles. The van der Waals surface area contributed by atoms with Gasteiger partial charge in [0.05, 0.1) is 0 Å². The van der Waals surface area contributed by atoms with Crippen LogP contribution in [0.4, 0.5) is 0 Å². The summed E-state index contributed by atoms with van der Waals surface area (Å²) >= 11 is 18.9. The van der Waals surface area contributed by atoms with E-state index in [0.717, 1.165) is 16.7 Å². The zero-order valence-electron chi connectivity index (χ0n) is 14.8. The fourth-order valence-electron chi connectivity index (χ4n) is 3.01. The van der Waals surface area contributed by atoms with E-state index in [1.807, 2.05) is 57.2 Å². The van der Waals surface area contributed by atoms with Gasteiger partial charge in [-0.2, -0.15) is 0 Å². The molecule has 0 aromatic heterocycles. The van der Waals surface area contributed by atoms with E-state index >= 15 is 0 Å². The van der Waals surface area contributed by atoms with Gasteiger partial charge >= 0.3 is 0 Å². The molecule has 0 saturated heterocycles. The van der Waals surface area contributed by atoms with Crippen LogP contribution in [0.1, 0.15) is 33.4 Å². The molecule has 0 aliphatic carbocycles. The number of aliphatic hydroxyl groups is 1. The lowest BCUT2D eigenvalue weighted by molar-refractivity contribution is 0.125. The Hall–Kier alpha value is -1.51. The van der Waals surface area contributed by atoms with Gasteiger partial charge < -0.3 is 5.11 Å². The van der Waals surface area contributed by atoms with E-state index in [4.69, 9.17) is 34.8 Å². The summed E-state index contributed by atoms with van der Waals surface area (Å²) in [5.41, 5.74) is 3.45. The van der Waals surface area contributed by atoms with Crippen molar-refractivity contribution >= 4 is 34.8 Å². The molecule has 0 atom stereocenters. The minimum absolute atomic E-state index is 0.602. The number of rotatable bonds is 3. The van der Waals surface area contributed by atoms with Gasteiger partial charge in [0.15, 0.2) is 0 Å². The molecule has 0 bridgehead atoms. The topological polar surface area (TPSA) is 20.2 Å². The highest BCUT2D eigenvalue weighted by molar-refractivity contribution is 6.32. The molecule has 3 aromatic carbocycles. The Bertz CT molecular complexity index is 854. The van der Waals surface area contributed by atoms with Crippen LogP contribution in [0.5, 0.6) is 0 Å². The standard InChI is InChI=1S/C22H19Cl3O/c1-13-4-6-17(11-20(13)24)22(26,16-8-9-19(23)15(3)10-16)18-7-5-14(2)21(25)12-18/h4-12,26H,1-3H3. The van der Waals surface area contributed by atoms with Crippen LogP contribution in [0.3, 0.4) is 0 Å². The third kappa shape index (κ3) is 3.37. The first-order valence-corrected chi connectivity index (χ1v) is 9.39. The molecule has 0 saturated carbocycles. The lowest BCUT2D eigenvalue weighted by Gasteiger charge is -2.31. The highest BCUT2D eigenvalue weighted by Gasteiger charge is 2.35. The molecule has 1 nitrogen and oxygen atoms in total. The van der Waals surface area contributed by atoms with Crippen LogP contribution in [0.2, 0.25) is 15.1 Å². The van der Waals surface area contributed by atoms with Gasteiger partial charge in [0.2, 0.25) is 0 Å². The van der Waals surface area contributed by atoms with E-state index < -0.39 is 5.60 Å². The molecule has 0 aliphatic heterocycles. The molecule has 26 heavy (non-hydrogen) atoms. The maximum Gasteiger partial charge on any atom is 0.140 e. The van der Waals surface area contributed by atoms with Crippen molar-refractivity contribution in [3.63, 3.8) is 0 Å². The molecule has 0 spiro atoms. The molecular formula is C22H19Cl3O. The van der Waals surface area contributed by atoms with Crippen LogP contribution in [0.15, 0.2) is 54.6 Å². The van der Waals surface area contributed by atoms with Crippen molar-refractivity contribution in [1.29, 1.82) is 0 Å². The van der Waals surface area contributed by atoms with E-state index in [0.29, 0.717) is 31.8 Å². The van der Waals surface area contributed by atoms with Crippen LogP contribution in [-0.4, -0.2) is 5.11 Å². The van der Waals surface area contributed by atoms with E-state index in [2.05, 4.69) is 0 Å². The van der Waals surface area contributed by atoms with Gasteiger partial charge in [0.25, 0.3) is 0 Å². The Morgan fingerprint density at radius 1 is 0.577 bits per heavy atom. The minimum Gasteiger partial charge on any atom is -0.376 e. The summed E-state index contributed by atoms with van der Waals surface area (Å²) in [6.07, 6.45) is 0. The summed E-state index contributed by atoms with van der Waals surface area (Å²) in [7, 11) is 0. The van der Waals surface area contributed by atoms with Crippen LogP contribution in [0, 0.1) is 20.8 Å². The number of benzene rings is 3. The van der Waals surface area contributed by atoms with E-state index in [9.17, 15) is 5.11 Å². The number of halogens is 3. The Kier molecular flexibility index (Phi) is 5.37. The second-order valence-electron chi connectivity index (χ2n) is 6.60. The Morgan fingerprint density at radius 3 is 1.42 bits per heavy atom. The van der Waals surface area contributed by atoms with Gasteiger partial charge in [-0.15, -0.1) is 0 Å². The lowest BCUT2D eigenvalue weighted by atomic mass is 9.79. The summed E-state index contributed by atoms with van der Waals surface area (Å²) in [5, 5.41) is 13.8. The predicted molar refractivity (Wildman–Crippen MR) is 111 cm³/mol. The van der Waals surface area contributed by atoms with Crippen molar-refractivity contribution in [3.8, 4) is 0 Å². The quantitative estimate of drug-likeness (QED) is 0.472. The monoisotopic (exact) mass is 404 g/mol. The first-order chi connectivity index (χ1) is 12.2. The fourth-order valence-corrected chi connectivity index (χ4v) is 3.48. The summed E-state index contributed by atoms with van der Waals surface area (Å²) in [4.78, 5) is 0. The Morgan fingerprint density at radius 2 is 1.00 bits per heavy atom. The van der Waals surface area contributed by atoms with Crippen LogP contribution < -0.4 is 0 Å². The highest BCUT2D eigenvalue weighted by atomic mass is 35.5. The maximum absolute atomic E-state index is 11.9. The summed E-state index contributed by atoms with van der Waals surface area (Å²) < 4.78 is 0. The van der Waals surface area contributed by atoms with Gasteiger partial charge in [-0.3, -0.25) is 0 Å². The van der Waals surface area contributed by atoms with Crippen molar-refractivity contribution in [2.24, 2.45) is 0 Å². The van der Waals surface area contributed by atoms with Crippen molar-refractivity contribution in [1.82, 2.24) is 0 Å². The van der Waals surface area contributed by atoms with Crippen molar-refractivity contribution in [2.45, 2.75) is 26.4 Å². The molecule has 0 amide bonds. The highest BCUT2D eigenvalue weighted by Crippen LogP contribution is 2.40. The molecule has 0 fully saturated rings. The second kappa shape index (κ2) is 7.25. The fraction of sp³-hybridized carbons (Fsp3) is 0.182. The molecule has 0 aliphatic rings. The number of hydrogen-bond acceptors (Lipinski definition) is 1. The van der Waals surface area contributed by atoms with Gasteiger partial charge in [0.1, 0.15) is 5.60 Å². The van der Waals surface area contributed by atoms with E-state index in [1.54, 1.807) is 18.2 Å². The average molecular weight is 406 g/mol. The van der Waals surface area contributed by atoms with E-state index in [1.165, 1.54) is 0 Å². The molecular weight excluding hydrogens is 387 g/mol. The van der Waals surface area contributed by atoms with Gasteiger partial charge in [-0.25, -0.2) is 0 Å². The van der Waals surface area contributed by atoms with Gasteiger partial charge in [0, 0.05) is 15.1 Å². The van der Waals surface area contributed by atoms with Crippen LogP contribution >= 0.6 is 34.8 Å². The molecule has 0 radical (unpaired) electrons. The maximum atomic E-state index is 11.9. The first-order valence-electron chi connectivity index (χ1n) is 8.25.